The van der Waals surface area contributed by atoms with Crippen LogP contribution in [0.15, 0.2) is 36.7 Å². The van der Waals surface area contributed by atoms with E-state index in [2.05, 4.69) is 18.0 Å². The molecule has 0 saturated heterocycles. The van der Waals surface area contributed by atoms with Gasteiger partial charge in [0.2, 0.25) is 5.75 Å². The lowest BCUT2D eigenvalue weighted by Crippen LogP contribution is -1.99. The highest BCUT2D eigenvalue weighted by Crippen LogP contribution is 2.39. The summed E-state index contributed by atoms with van der Waals surface area (Å²) < 4.78 is 22.1. The third kappa shape index (κ3) is 3.63. The Morgan fingerprint density at radius 2 is 1.56 bits per heavy atom. The zero-order valence-corrected chi connectivity index (χ0v) is 16.5. The molecule has 1 aromatic heterocycles. The molecule has 5 nitrogen and oxygen atoms in total. The predicted octanol–water partition coefficient (Wildman–Crippen LogP) is 4.56. The number of benzene rings is 2. The summed E-state index contributed by atoms with van der Waals surface area (Å²) in [4.78, 5) is 4.45. The van der Waals surface area contributed by atoms with Crippen molar-refractivity contribution < 1.29 is 18.9 Å². The van der Waals surface area contributed by atoms with Crippen LogP contribution in [-0.2, 0) is 6.42 Å². The van der Waals surface area contributed by atoms with E-state index in [-0.39, 0.29) is 0 Å². The third-order valence-electron chi connectivity index (χ3n) is 4.66. The van der Waals surface area contributed by atoms with Gasteiger partial charge in [0.15, 0.2) is 11.5 Å². The van der Waals surface area contributed by atoms with Crippen molar-refractivity contribution in [1.29, 1.82) is 0 Å². The Kier molecular flexibility index (Phi) is 5.69. The van der Waals surface area contributed by atoms with Crippen molar-refractivity contribution in [2.75, 3.05) is 27.9 Å². The molecular formula is C22H25NO4. The van der Waals surface area contributed by atoms with Crippen LogP contribution in [0.3, 0.4) is 0 Å². The molecule has 1 heterocycles. The molecule has 142 valence electrons. The fourth-order valence-corrected chi connectivity index (χ4v) is 3.34. The summed E-state index contributed by atoms with van der Waals surface area (Å²) in [5.41, 5.74) is 3.30. The smallest absolute Gasteiger partial charge is 0.203 e. The Morgan fingerprint density at radius 1 is 0.852 bits per heavy atom. The lowest BCUT2D eigenvalue weighted by molar-refractivity contribution is 0.324. The molecule has 0 bridgehead atoms. The Morgan fingerprint density at radius 3 is 2.15 bits per heavy atom. The molecule has 0 saturated carbocycles. The lowest BCUT2D eigenvalue weighted by atomic mass is 9.98. The average Bonchev–Trinajstić information content (AvgIpc) is 2.69. The maximum atomic E-state index is 5.71. The van der Waals surface area contributed by atoms with Gasteiger partial charge in [0.25, 0.3) is 0 Å². The van der Waals surface area contributed by atoms with Crippen molar-refractivity contribution >= 4 is 10.8 Å². The molecule has 5 heteroatoms. The average molecular weight is 367 g/mol. The number of hydrogen-bond donors (Lipinski definition) is 0. The highest BCUT2D eigenvalue weighted by molar-refractivity contribution is 5.89. The van der Waals surface area contributed by atoms with Crippen molar-refractivity contribution in [3.63, 3.8) is 0 Å². The van der Waals surface area contributed by atoms with Gasteiger partial charge in [-0.2, -0.15) is 0 Å². The minimum absolute atomic E-state index is 0.594. The largest absolute Gasteiger partial charge is 0.494 e. The number of aryl methyl sites for hydroxylation is 1. The lowest BCUT2D eigenvalue weighted by Gasteiger charge is -2.15. The summed E-state index contributed by atoms with van der Waals surface area (Å²) in [5, 5.41) is 2.27. The minimum atomic E-state index is 0.594. The van der Waals surface area contributed by atoms with E-state index in [1.807, 2.05) is 37.5 Å². The second-order valence-corrected chi connectivity index (χ2v) is 6.23. The molecule has 0 aliphatic carbocycles. The van der Waals surface area contributed by atoms with Crippen LogP contribution in [0.4, 0.5) is 0 Å². The fourth-order valence-electron chi connectivity index (χ4n) is 3.34. The maximum absolute atomic E-state index is 5.71. The van der Waals surface area contributed by atoms with Crippen LogP contribution in [0.2, 0.25) is 0 Å². The first-order valence-electron chi connectivity index (χ1n) is 8.90. The molecule has 0 unspecified atom stereocenters. The monoisotopic (exact) mass is 367 g/mol. The van der Waals surface area contributed by atoms with Gasteiger partial charge in [-0.15, -0.1) is 0 Å². The molecule has 0 N–H and O–H groups in total. The SMILES string of the molecule is CCOc1ccc2c(Cc3cc(OC)c(OC)c(OC)c3)cncc2c1C. The molecule has 0 radical (unpaired) electrons. The standard InChI is InChI=1S/C22H25NO4/c1-6-27-19-8-7-17-16(12-23-13-18(17)14(19)2)9-15-10-20(24-3)22(26-5)21(11-15)25-4/h7-8,10-13H,6,9H2,1-5H3. The van der Waals surface area contributed by atoms with Crippen molar-refractivity contribution in [1.82, 2.24) is 4.98 Å². The molecule has 0 spiro atoms. The van der Waals surface area contributed by atoms with Gasteiger partial charge in [-0.3, -0.25) is 4.98 Å². The predicted molar refractivity (Wildman–Crippen MR) is 107 cm³/mol. The highest BCUT2D eigenvalue weighted by Gasteiger charge is 2.15. The van der Waals surface area contributed by atoms with Crippen LogP contribution < -0.4 is 18.9 Å². The molecule has 0 atom stereocenters. The van der Waals surface area contributed by atoms with Crippen molar-refractivity contribution in [2.45, 2.75) is 20.3 Å². The molecule has 0 amide bonds. The van der Waals surface area contributed by atoms with Crippen molar-refractivity contribution in [3.8, 4) is 23.0 Å². The molecular weight excluding hydrogens is 342 g/mol. The van der Waals surface area contributed by atoms with Crippen LogP contribution >= 0.6 is 0 Å². The summed E-state index contributed by atoms with van der Waals surface area (Å²) >= 11 is 0. The van der Waals surface area contributed by atoms with Crippen molar-refractivity contribution in [2.24, 2.45) is 0 Å². The van der Waals surface area contributed by atoms with Crippen LogP contribution in [-0.4, -0.2) is 32.9 Å². The first-order chi connectivity index (χ1) is 13.1. The summed E-state index contributed by atoms with van der Waals surface area (Å²) in [6, 6.07) is 8.07. The third-order valence-corrected chi connectivity index (χ3v) is 4.66. The van der Waals surface area contributed by atoms with Gasteiger partial charge < -0.3 is 18.9 Å². The topological polar surface area (TPSA) is 49.8 Å². The van der Waals surface area contributed by atoms with E-state index in [0.717, 1.165) is 27.8 Å². The summed E-state index contributed by atoms with van der Waals surface area (Å²) in [6.45, 7) is 4.70. The van der Waals surface area contributed by atoms with Gasteiger partial charge in [-0.05, 0) is 55.0 Å². The number of fused-ring (bicyclic) bond motifs is 1. The molecule has 0 aliphatic heterocycles. The van der Waals surface area contributed by atoms with Gasteiger partial charge in [-0.25, -0.2) is 0 Å². The van der Waals surface area contributed by atoms with Gasteiger partial charge >= 0.3 is 0 Å². The minimum Gasteiger partial charge on any atom is -0.494 e. The number of ether oxygens (including phenoxy) is 4. The normalized spacial score (nSPS) is 10.7. The summed E-state index contributed by atoms with van der Waals surface area (Å²) in [6.07, 6.45) is 4.51. The molecule has 2 aromatic carbocycles. The van der Waals surface area contributed by atoms with E-state index in [0.29, 0.717) is 30.3 Å². The van der Waals surface area contributed by atoms with Gasteiger partial charge in [0.05, 0.1) is 27.9 Å². The second kappa shape index (κ2) is 8.16. The Labute approximate surface area is 159 Å². The van der Waals surface area contributed by atoms with E-state index in [1.165, 1.54) is 5.39 Å². The summed E-state index contributed by atoms with van der Waals surface area (Å²) in [5.74, 6) is 2.79. The van der Waals surface area contributed by atoms with Crippen LogP contribution in [0.25, 0.3) is 10.8 Å². The Bertz CT molecular complexity index is 927. The quantitative estimate of drug-likeness (QED) is 0.613. The second-order valence-electron chi connectivity index (χ2n) is 6.23. The molecule has 3 rings (SSSR count). The zero-order chi connectivity index (χ0) is 19.4. The number of aromatic nitrogens is 1. The molecule has 0 fully saturated rings. The first-order valence-corrected chi connectivity index (χ1v) is 8.90. The van der Waals surface area contributed by atoms with Gasteiger partial charge in [-0.1, -0.05) is 6.07 Å². The number of nitrogens with zero attached hydrogens (tertiary/aromatic N) is 1. The Balaban J connectivity index is 2.06. The van der Waals surface area contributed by atoms with Gasteiger partial charge in [0.1, 0.15) is 5.75 Å². The number of rotatable bonds is 7. The van der Waals surface area contributed by atoms with Crippen molar-refractivity contribution in [3.05, 3.63) is 53.3 Å². The van der Waals surface area contributed by atoms with Crippen LogP contribution in [0.1, 0.15) is 23.6 Å². The Hall–Kier alpha value is -2.95. The molecule has 0 aliphatic rings. The number of hydrogen-bond acceptors (Lipinski definition) is 5. The number of pyridine rings is 1. The zero-order valence-electron chi connectivity index (χ0n) is 16.5. The van der Waals surface area contributed by atoms with Crippen LogP contribution in [0.5, 0.6) is 23.0 Å². The highest BCUT2D eigenvalue weighted by atomic mass is 16.5. The number of methoxy groups -OCH3 is 3. The van der Waals surface area contributed by atoms with E-state index in [4.69, 9.17) is 18.9 Å². The van der Waals surface area contributed by atoms with E-state index < -0.39 is 0 Å². The fraction of sp³-hybridized carbons (Fsp3) is 0.318. The first kappa shape index (κ1) is 18.8. The molecule has 27 heavy (non-hydrogen) atoms. The van der Waals surface area contributed by atoms with Crippen LogP contribution in [0, 0.1) is 6.92 Å². The van der Waals surface area contributed by atoms with E-state index >= 15 is 0 Å². The summed E-state index contributed by atoms with van der Waals surface area (Å²) in [7, 11) is 4.85. The van der Waals surface area contributed by atoms with E-state index in [9.17, 15) is 0 Å². The van der Waals surface area contributed by atoms with E-state index in [1.54, 1.807) is 21.3 Å². The van der Waals surface area contributed by atoms with Gasteiger partial charge in [0, 0.05) is 23.3 Å². The molecule has 3 aromatic rings. The maximum Gasteiger partial charge on any atom is 0.203 e.